The van der Waals surface area contributed by atoms with Crippen LogP contribution >= 0.6 is 0 Å². The van der Waals surface area contributed by atoms with Crippen LogP contribution in [-0.2, 0) is 30.8 Å². The second-order valence-electron chi connectivity index (χ2n) is 10.9. The molecule has 1 heterocycles. The van der Waals surface area contributed by atoms with Crippen molar-refractivity contribution in [2.24, 2.45) is 0 Å². The van der Waals surface area contributed by atoms with E-state index in [4.69, 9.17) is 4.74 Å². The van der Waals surface area contributed by atoms with Gasteiger partial charge in [0.05, 0.1) is 15.4 Å². The molecule has 0 aliphatic carbocycles. The Bertz CT molecular complexity index is 1810. The van der Waals surface area contributed by atoms with Gasteiger partial charge in [-0.05, 0) is 46.6 Å². The van der Waals surface area contributed by atoms with E-state index in [-0.39, 0.29) is 23.0 Å². The third-order valence-electron chi connectivity index (χ3n) is 6.47. The molecule has 1 aromatic heterocycles. The van der Waals surface area contributed by atoms with E-state index in [1.807, 2.05) is 0 Å². The standard InChI is InChI=1S/C28H30F3N3O5S2Si/c1-40(35,36)26-17-21(28(29,30)31)8-10-25(26)24-7-5-6-20-16-22(9-11-23(20)24)41(37,38)34(27-12-13-32-18-33-27)19-39-14-15-42(2,3)4/h5-13,16-18H,14-15,19H2,1-4H3. The van der Waals surface area contributed by atoms with Crippen LogP contribution in [0.3, 0.4) is 0 Å². The molecular formula is C28H30F3N3O5S2Si. The highest BCUT2D eigenvalue weighted by molar-refractivity contribution is 7.92. The van der Waals surface area contributed by atoms with Gasteiger partial charge in [0.2, 0.25) is 0 Å². The lowest BCUT2D eigenvalue weighted by atomic mass is 9.97. The molecule has 42 heavy (non-hydrogen) atoms. The Morgan fingerprint density at radius 2 is 1.67 bits per heavy atom. The Labute approximate surface area is 244 Å². The zero-order chi connectivity index (χ0) is 30.9. The number of rotatable bonds is 10. The van der Waals surface area contributed by atoms with Gasteiger partial charge in [0.1, 0.15) is 18.9 Å². The van der Waals surface area contributed by atoms with Crippen LogP contribution in [0.25, 0.3) is 21.9 Å². The summed E-state index contributed by atoms with van der Waals surface area (Å²) in [7, 11) is -9.66. The lowest BCUT2D eigenvalue weighted by molar-refractivity contribution is -0.137. The van der Waals surface area contributed by atoms with Crippen LogP contribution in [0.2, 0.25) is 25.7 Å². The number of hydrogen-bond acceptors (Lipinski definition) is 7. The van der Waals surface area contributed by atoms with Gasteiger partial charge in [0, 0.05) is 38.8 Å². The maximum absolute atomic E-state index is 13.8. The zero-order valence-electron chi connectivity index (χ0n) is 23.4. The van der Waals surface area contributed by atoms with E-state index in [0.29, 0.717) is 29.0 Å². The minimum atomic E-state index is -4.73. The summed E-state index contributed by atoms with van der Waals surface area (Å²) >= 11 is 0. The molecule has 0 saturated carbocycles. The van der Waals surface area contributed by atoms with Crippen LogP contribution in [0.5, 0.6) is 0 Å². The Balaban J connectivity index is 1.78. The van der Waals surface area contributed by atoms with Gasteiger partial charge in [-0.25, -0.2) is 31.1 Å². The van der Waals surface area contributed by atoms with Crippen LogP contribution in [0.4, 0.5) is 19.0 Å². The molecule has 0 fully saturated rings. The average molecular weight is 638 g/mol. The summed E-state index contributed by atoms with van der Waals surface area (Å²) in [6.45, 7) is 6.65. The first-order valence-electron chi connectivity index (χ1n) is 12.8. The highest BCUT2D eigenvalue weighted by Crippen LogP contribution is 2.38. The highest BCUT2D eigenvalue weighted by Gasteiger charge is 2.33. The third kappa shape index (κ3) is 7.17. The second-order valence-corrected chi connectivity index (χ2v) is 20.4. The molecule has 0 amide bonds. The Morgan fingerprint density at radius 3 is 2.29 bits per heavy atom. The molecule has 0 unspecified atom stereocenters. The van der Waals surface area contributed by atoms with Crippen molar-refractivity contribution in [3.8, 4) is 11.1 Å². The van der Waals surface area contributed by atoms with E-state index < -0.39 is 44.6 Å². The van der Waals surface area contributed by atoms with Crippen molar-refractivity contribution < 1.29 is 34.7 Å². The number of hydrogen-bond donors (Lipinski definition) is 0. The maximum Gasteiger partial charge on any atom is 0.416 e. The molecule has 0 atom stereocenters. The molecule has 8 nitrogen and oxygen atoms in total. The topological polar surface area (TPSA) is 107 Å². The van der Waals surface area contributed by atoms with E-state index in [1.54, 1.807) is 18.2 Å². The van der Waals surface area contributed by atoms with Gasteiger partial charge < -0.3 is 4.74 Å². The number of benzene rings is 3. The summed E-state index contributed by atoms with van der Waals surface area (Å²) in [6.07, 6.45) is -1.23. The van der Waals surface area contributed by atoms with Crippen molar-refractivity contribution in [2.75, 3.05) is 23.9 Å². The first-order chi connectivity index (χ1) is 19.5. The molecule has 0 aliphatic rings. The fraction of sp³-hybridized carbons (Fsp3) is 0.286. The highest BCUT2D eigenvalue weighted by atomic mass is 32.2. The summed E-state index contributed by atoms with van der Waals surface area (Å²) in [5, 5.41) is 0.899. The number of fused-ring (bicyclic) bond motifs is 1. The van der Waals surface area contributed by atoms with Crippen LogP contribution in [-0.4, -0.2) is 54.5 Å². The number of ether oxygens (including phenoxy) is 1. The maximum atomic E-state index is 13.8. The number of anilines is 1. The molecule has 4 rings (SSSR count). The van der Waals surface area contributed by atoms with Crippen molar-refractivity contribution >= 4 is 44.5 Å². The zero-order valence-corrected chi connectivity index (χ0v) is 26.0. The van der Waals surface area contributed by atoms with Crippen molar-refractivity contribution in [3.05, 3.63) is 78.8 Å². The normalized spacial score (nSPS) is 12.9. The van der Waals surface area contributed by atoms with Crippen molar-refractivity contribution in [2.45, 2.75) is 41.7 Å². The molecule has 0 saturated heterocycles. The van der Waals surface area contributed by atoms with Gasteiger partial charge in [0.25, 0.3) is 10.0 Å². The van der Waals surface area contributed by atoms with Gasteiger partial charge in [-0.3, -0.25) is 0 Å². The molecular weight excluding hydrogens is 608 g/mol. The number of aromatic nitrogens is 2. The smallest absolute Gasteiger partial charge is 0.360 e. The Kier molecular flexibility index (Phi) is 8.84. The quantitative estimate of drug-likeness (QED) is 0.115. The van der Waals surface area contributed by atoms with E-state index >= 15 is 0 Å². The van der Waals surface area contributed by atoms with Crippen LogP contribution in [0.1, 0.15) is 5.56 Å². The molecule has 0 aliphatic heterocycles. The monoisotopic (exact) mass is 637 g/mol. The molecule has 0 N–H and O–H groups in total. The van der Waals surface area contributed by atoms with Gasteiger partial charge in [-0.2, -0.15) is 13.2 Å². The van der Waals surface area contributed by atoms with Gasteiger partial charge >= 0.3 is 6.18 Å². The molecule has 4 aromatic rings. The second kappa shape index (κ2) is 11.7. The van der Waals surface area contributed by atoms with E-state index in [1.165, 1.54) is 36.8 Å². The fourth-order valence-electron chi connectivity index (χ4n) is 4.23. The Morgan fingerprint density at radius 1 is 0.929 bits per heavy atom. The predicted molar refractivity (Wildman–Crippen MR) is 158 cm³/mol. The number of alkyl halides is 3. The summed E-state index contributed by atoms with van der Waals surface area (Å²) in [5.74, 6) is 0.120. The first kappa shape index (κ1) is 31.6. The van der Waals surface area contributed by atoms with Gasteiger partial charge in [0.15, 0.2) is 9.84 Å². The van der Waals surface area contributed by atoms with Gasteiger partial charge in [-0.1, -0.05) is 50.0 Å². The number of sulfonamides is 1. The van der Waals surface area contributed by atoms with E-state index in [9.17, 15) is 30.0 Å². The van der Waals surface area contributed by atoms with Crippen molar-refractivity contribution in [3.63, 3.8) is 0 Å². The molecule has 224 valence electrons. The molecule has 3 aromatic carbocycles. The van der Waals surface area contributed by atoms with Crippen molar-refractivity contribution in [1.29, 1.82) is 0 Å². The average Bonchev–Trinajstić information content (AvgIpc) is 2.90. The summed E-state index contributed by atoms with van der Waals surface area (Å²) in [5.41, 5.74) is -0.671. The molecule has 14 heteroatoms. The summed E-state index contributed by atoms with van der Waals surface area (Å²) < 4.78 is 99.7. The minimum absolute atomic E-state index is 0.0738. The lowest BCUT2D eigenvalue weighted by Gasteiger charge is -2.24. The SMILES string of the molecule is C[Si](C)(C)CCOCN(c1ccncn1)S(=O)(=O)c1ccc2c(-c3ccc(C(F)(F)F)cc3S(C)(=O)=O)cccc2c1. The van der Waals surface area contributed by atoms with E-state index in [0.717, 1.165) is 28.7 Å². The molecule has 0 bridgehead atoms. The fourth-order valence-corrected chi connectivity index (χ4v) is 7.24. The Hall–Kier alpha value is -3.33. The molecule has 0 radical (unpaired) electrons. The predicted octanol–water partition coefficient (Wildman–Crippen LogP) is 6.23. The minimum Gasteiger partial charge on any atom is -0.360 e. The van der Waals surface area contributed by atoms with Crippen LogP contribution in [0.15, 0.2) is 83.0 Å². The first-order valence-corrected chi connectivity index (χ1v) is 19.8. The third-order valence-corrected chi connectivity index (χ3v) is 11.0. The lowest BCUT2D eigenvalue weighted by Crippen LogP contribution is -2.34. The number of sulfone groups is 1. The van der Waals surface area contributed by atoms with E-state index in [2.05, 4.69) is 29.6 Å². The summed E-state index contributed by atoms with van der Waals surface area (Å²) in [4.78, 5) is 7.41. The van der Waals surface area contributed by atoms with Gasteiger partial charge in [-0.15, -0.1) is 0 Å². The summed E-state index contributed by atoms with van der Waals surface area (Å²) in [6, 6.07) is 13.9. The van der Waals surface area contributed by atoms with Crippen molar-refractivity contribution in [1.82, 2.24) is 9.97 Å². The van der Waals surface area contributed by atoms with Crippen LogP contribution < -0.4 is 4.31 Å². The van der Waals surface area contributed by atoms with Crippen LogP contribution in [0, 0.1) is 0 Å². The largest absolute Gasteiger partial charge is 0.416 e. The molecule has 0 spiro atoms. The number of halogens is 3. The number of nitrogens with zero attached hydrogens (tertiary/aromatic N) is 3.